The van der Waals surface area contributed by atoms with Crippen molar-refractivity contribution >= 4 is 11.7 Å². The summed E-state index contributed by atoms with van der Waals surface area (Å²) in [7, 11) is 0. The van der Waals surface area contributed by atoms with Crippen LogP contribution in [0.3, 0.4) is 0 Å². The molecule has 2 aliphatic carbocycles. The lowest BCUT2D eigenvalue weighted by molar-refractivity contribution is 0.0526. The number of esters is 1. The average molecular weight is 287 g/mol. The number of benzene rings is 1. The van der Waals surface area contributed by atoms with Gasteiger partial charge in [0.1, 0.15) is 0 Å². The number of hydrogen-bond acceptors (Lipinski definition) is 3. The van der Waals surface area contributed by atoms with Crippen molar-refractivity contribution in [2.45, 2.75) is 51.5 Å². The van der Waals surface area contributed by atoms with E-state index < -0.39 is 0 Å². The number of carbonyl (C=O) groups is 1. The van der Waals surface area contributed by atoms with Crippen LogP contribution in [-0.2, 0) is 4.74 Å². The van der Waals surface area contributed by atoms with Gasteiger partial charge in [-0.3, -0.25) is 0 Å². The number of carbonyl (C=O) groups excluding carboxylic acids is 1. The molecule has 0 bridgehead atoms. The van der Waals surface area contributed by atoms with Crippen LogP contribution in [0, 0.1) is 11.8 Å². The van der Waals surface area contributed by atoms with E-state index in [1.54, 1.807) is 0 Å². The maximum Gasteiger partial charge on any atom is 0.338 e. The van der Waals surface area contributed by atoms with Gasteiger partial charge in [0.05, 0.1) is 12.2 Å². The van der Waals surface area contributed by atoms with Gasteiger partial charge in [0.15, 0.2) is 0 Å². The van der Waals surface area contributed by atoms with Gasteiger partial charge >= 0.3 is 5.97 Å². The molecule has 0 heterocycles. The van der Waals surface area contributed by atoms with Gasteiger partial charge in [-0.25, -0.2) is 4.79 Å². The highest BCUT2D eigenvalue weighted by Gasteiger charge is 2.34. The molecule has 21 heavy (non-hydrogen) atoms. The highest BCUT2D eigenvalue weighted by atomic mass is 16.5. The first-order valence-electron chi connectivity index (χ1n) is 8.30. The monoisotopic (exact) mass is 287 g/mol. The summed E-state index contributed by atoms with van der Waals surface area (Å²) in [6, 6.07) is 8.28. The normalized spacial score (nSPS) is 25.4. The van der Waals surface area contributed by atoms with Gasteiger partial charge in [0.25, 0.3) is 0 Å². The van der Waals surface area contributed by atoms with E-state index in [4.69, 9.17) is 4.74 Å². The third kappa shape index (κ3) is 3.78. The fourth-order valence-electron chi connectivity index (χ4n) is 3.51. The van der Waals surface area contributed by atoms with Crippen LogP contribution in [-0.4, -0.2) is 18.6 Å². The van der Waals surface area contributed by atoms with Gasteiger partial charge in [0.2, 0.25) is 0 Å². The molecule has 0 aromatic heterocycles. The summed E-state index contributed by atoms with van der Waals surface area (Å²) >= 11 is 0. The van der Waals surface area contributed by atoms with Crippen molar-refractivity contribution in [2.24, 2.45) is 11.8 Å². The molecule has 2 unspecified atom stereocenters. The zero-order valence-corrected chi connectivity index (χ0v) is 12.8. The van der Waals surface area contributed by atoms with Crippen molar-refractivity contribution in [3.05, 3.63) is 29.8 Å². The number of hydrogen-bond donors (Lipinski definition) is 1. The minimum Gasteiger partial charge on any atom is -0.462 e. The molecule has 114 valence electrons. The van der Waals surface area contributed by atoms with Crippen LogP contribution in [0.15, 0.2) is 24.3 Å². The lowest BCUT2D eigenvalue weighted by atomic mass is 9.82. The minimum atomic E-state index is -0.240. The van der Waals surface area contributed by atoms with Crippen molar-refractivity contribution in [3.63, 3.8) is 0 Å². The highest BCUT2D eigenvalue weighted by molar-refractivity contribution is 5.89. The molecule has 0 aliphatic heterocycles. The van der Waals surface area contributed by atoms with Crippen LogP contribution in [0.1, 0.15) is 55.8 Å². The third-order valence-corrected chi connectivity index (χ3v) is 4.77. The highest BCUT2D eigenvalue weighted by Crippen LogP contribution is 2.44. The molecule has 3 nitrogen and oxygen atoms in total. The van der Waals surface area contributed by atoms with Crippen molar-refractivity contribution in [2.75, 3.05) is 11.9 Å². The van der Waals surface area contributed by atoms with Crippen LogP contribution < -0.4 is 5.32 Å². The SMILES string of the molecule is CCOC(=O)c1ccc(NC2CCCC(C3CC3)C2)cc1. The maximum atomic E-state index is 11.6. The third-order valence-electron chi connectivity index (χ3n) is 4.77. The van der Waals surface area contributed by atoms with E-state index in [1.807, 2.05) is 31.2 Å². The Labute approximate surface area is 127 Å². The summed E-state index contributed by atoms with van der Waals surface area (Å²) in [5.74, 6) is 1.71. The molecule has 3 heteroatoms. The van der Waals surface area contributed by atoms with Gasteiger partial charge in [-0.1, -0.05) is 12.8 Å². The lowest BCUT2D eigenvalue weighted by Crippen LogP contribution is -2.28. The van der Waals surface area contributed by atoms with Gasteiger partial charge in [-0.15, -0.1) is 0 Å². The Kier molecular flexibility index (Phi) is 4.47. The molecular weight excluding hydrogens is 262 g/mol. The molecule has 3 rings (SSSR count). The molecule has 1 aromatic carbocycles. The lowest BCUT2D eigenvalue weighted by Gasteiger charge is -2.30. The first kappa shape index (κ1) is 14.4. The van der Waals surface area contributed by atoms with Crippen LogP contribution in [0.25, 0.3) is 0 Å². The standard InChI is InChI=1S/C18H25NO2/c1-2-21-18(20)14-8-10-16(11-9-14)19-17-5-3-4-15(12-17)13-6-7-13/h8-11,13,15,17,19H,2-7,12H2,1H3. The first-order chi connectivity index (χ1) is 10.3. The molecule has 2 atom stereocenters. The topological polar surface area (TPSA) is 38.3 Å². The minimum absolute atomic E-state index is 0.240. The van der Waals surface area contributed by atoms with Gasteiger partial charge in [-0.2, -0.15) is 0 Å². The van der Waals surface area contributed by atoms with E-state index in [0.29, 0.717) is 18.2 Å². The van der Waals surface area contributed by atoms with Crippen molar-refractivity contribution in [3.8, 4) is 0 Å². The van der Waals surface area contributed by atoms with E-state index >= 15 is 0 Å². The smallest absolute Gasteiger partial charge is 0.338 e. The van der Waals surface area contributed by atoms with Crippen LogP contribution >= 0.6 is 0 Å². The Bertz CT molecular complexity index is 478. The fraction of sp³-hybridized carbons (Fsp3) is 0.611. The van der Waals surface area contributed by atoms with Gasteiger partial charge < -0.3 is 10.1 Å². The molecule has 2 fully saturated rings. The Morgan fingerprint density at radius 2 is 1.90 bits per heavy atom. The molecule has 2 saturated carbocycles. The Morgan fingerprint density at radius 3 is 2.57 bits per heavy atom. The Balaban J connectivity index is 1.55. The second-order valence-electron chi connectivity index (χ2n) is 6.40. The van der Waals surface area contributed by atoms with E-state index in [2.05, 4.69) is 5.32 Å². The molecule has 0 radical (unpaired) electrons. The second-order valence-corrected chi connectivity index (χ2v) is 6.40. The number of ether oxygens (including phenoxy) is 1. The average Bonchev–Trinajstić information content (AvgIpc) is 3.33. The summed E-state index contributed by atoms with van der Waals surface area (Å²) in [5.41, 5.74) is 1.74. The molecule has 0 saturated heterocycles. The van der Waals surface area contributed by atoms with Gasteiger partial charge in [-0.05, 0) is 68.7 Å². The summed E-state index contributed by atoms with van der Waals surface area (Å²) in [5, 5.41) is 3.64. The van der Waals surface area contributed by atoms with Gasteiger partial charge in [0, 0.05) is 11.7 Å². The van der Waals surface area contributed by atoms with E-state index in [-0.39, 0.29) is 5.97 Å². The molecule has 2 aliphatic rings. The van der Waals surface area contributed by atoms with Crippen LogP contribution in [0.5, 0.6) is 0 Å². The number of rotatable bonds is 5. The zero-order chi connectivity index (χ0) is 14.7. The molecule has 0 amide bonds. The molecule has 0 spiro atoms. The van der Waals surface area contributed by atoms with E-state index in [1.165, 1.54) is 38.5 Å². The zero-order valence-electron chi connectivity index (χ0n) is 12.8. The fourth-order valence-corrected chi connectivity index (χ4v) is 3.51. The summed E-state index contributed by atoms with van der Waals surface area (Å²) in [6.45, 7) is 2.25. The number of nitrogens with one attached hydrogen (secondary N) is 1. The first-order valence-corrected chi connectivity index (χ1v) is 8.30. The maximum absolute atomic E-state index is 11.6. The second kappa shape index (κ2) is 6.50. The summed E-state index contributed by atoms with van der Waals surface area (Å²) in [6.07, 6.45) is 8.24. The Morgan fingerprint density at radius 1 is 1.14 bits per heavy atom. The molecular formula is C18H25NO2. The molecule has 1 aromatic rings. The van der Waals surface area contributed by atoms with Crippen LogP contribution in [0.2, 0.25) is 0 Å². The van der Waals surface area contributed by atoms with Crippen molar-refractivity contribution < 1.29 is 9.53 Å². The Hall–Kier alpha value is -1.51. The quantitative estimate of drug-likeness (QED) is 0.823. The van der Waals surface area contributed by atoms with E-state index in [9.17, 15) is 4.79 Å². The largest absolute Gasteiger partial charge is 0.462 e. The summed E-state index contributed by atoms with van der Waals surface area (Å²) < 4.78 is 5.01. The van der Waals surface area contributed by atoms with E-state index in [0.717, 1.165) is 17.5 Å². The molecule has 1 N–H and O–H groups in total. The van der Waals surface area contributed by atoms with Crippen molar-refractivity contribution in [1.82, 2.24) is 0 Å². The predicted octanol–water partition coefficient (Wildman–Crippen LogP) is 4.24. The predicted molar refractivity (Wildman–Crippen MR) is 84.5 cm³/mol. The summed E-state index contributed by atoms with van der Waals surface area (Å²) in [4.78, 5) is 11.6. The number of anilines is 1. The van der Waals surface area contributed by atoms with Crippen molar-refractivity contribution in [1.29, 1.82) is 0 Å². The van der Waals surface area contributed by atoms with Crippen LogP contribution in [0.4, 0.5) is 5.69 Å².